The Balaban J connectivity index is 0.990. The lowest BCUT2D eigenvalue weighted by atomic mass is 9.80. The van der Waals surface area contributed by atoms with Crippen molar-refractivity contribution >= 4 is 55.3 Å². The fourth-order valence-corrected chi connectivity index (χ4v) is 10.4. The summed E-state index contributed by atoms with van der Waals surface area (Å²) in [5.74, 6) is 0.404. The van der Waals surface area contributed by atoms with E-state index in [4.69, 9.17) is 4.42 Å². The number of furan rings is 1. The van der Waals surface area contributed by atoms with Gasteiger partial charge in [0.25, 0.3) is 0 Å². The van der Waals surface area contributed by atoms with Crippen LogP contribution in [-0.4, -0.2) is 0 Å². The third kappa shape index (κ3) is 5.95. The van der Waals surface area contributed by atoms with E-state index >= 15 is 0 Å². The fraction of sp³-hybridized carbons (Fsp3) is 0.0323. The molecule has 0 saturated carbocycles. The Morgan fingerprint density at radius 1 is 0.422 bits per heavy atom. The molecule has 1 aliphatic heterocycles. The van der Waals surface area contributed by atoms with Crippen molar-refractivity contribution in [2.24, 2.45) is 5.92 Å². The summed E-state index contributed by atoms with van der Waals surface area (Å²) in [4.78, 5) is 2.46. The maximum absolute atomic E-state index is 6.48. The second-order valence-corrected chi connectivity index (χ2v) is 17.2. The van der Waals surface area contributed by atoms with Gasteiger partial charge in [0.05, 0.1) is 11.4 Å². The van der Waals surface area contributed by atoms with E-state index in [2.05, 4.69) is 229 Å². The second kappa shape index (κ2) is 14.7. The Hall–Kier alpha value is -8.20. The van der Waals surface area contributed by atoms with Crippen molar-refractivity contribution in [3.05, 3.63) is 242 Å². The summed E-state index contributed by atoms with van der Waals surface area (Å²) in [5.41, 5.74) is 21.1. The summed E-state index contributed by atoms with van der Waals surface area (Å²) in [6.45, 7) is 0. The van der Waals surface area contributed by atoms with E-state index in [0.717, 1.165) is 56.5 Å². The Labute approximate surface area is 372 Å². The van der Waals surface area contributed by atoms with Crippen LogP contribution in [0.5, 0.6) is 0 Å². The zero-order valence-electron chi connectivity index (χ0n) is 35.1. The van der Waals surface area contributed by atoms with Gasteiger partial charge < -0.3 is 9.32 Å². The topological polar surface area (TPSA) is 16.4 Å². The van der Waals surface area contributed by atoms with Crippen molar-refractivity contribution in [3.63, 3.8) is 0 Å². The minimum atomic E-state index is 0.404. The van der Waals surface area contributed by atoms with Gasteiger partial charge in [0.15, 0.2) is 0 Å². The highest BCUT2D eigenvalue weighted by molar-refractivity contribution is 6.10. The van der Waals surface area contributed by atoms with Gasteiger partial charge in [-0.25, -0.2) is 0 Å². The van der Waals surface area contributed by atoms with Crippen LogP contribution in [-0.2, 0) is 0 Å². The molecule has 1 aromatic heterocycles. The van der Waals surface area contributed by atoms with Crippen LogP contribution in [0.25, 0.3) is 93.9 Å². The highest BCUT2D eigenvalue weighted by atomic mass is 16.3. The van der Waals surface area contributed by atoms with Gasteiger partial charge >= 0.3 is 0 Å². The van der Waals surface area contributed by atoms with E-state index in [1.165, 1.54) is 72.0 Å². The van der Waals surface area contributed by atoms with Crippen LogP contribution >= 0.6 is 0 Å². The first kappa shape index (κ1) is 36.5. The minimum Gasteiger partial charge on any atom is -0.455 e. The van der Waals surface area contributed by atoms with Crippen molar-refractivity contribution in [1.82, 2.24) is 0 Å². The van der Waals surface area contributed by atoms with E-state index in [0.29, 0.717) is 5.92 Å². The SMILES string of the molecule is C1=CC2=CC=C(c3ccccc3-c3ccc4c(c3)-c3cc(-c5ccc6ccccc6c5)ccc3N(c3ccc(-c5cccc6c5oc5ccccc56)cc3)c3ccccc3-4)CC2C=C1. The lowest BCUT2D eigenvalue weighted by Crippen LogP contribution is -2.10. The molecule has 2 aliphatic carbocycles. The molecule has 0 N–H and O–H groups in total. The highest BCUT2D eigenvalue weighted by Gasteiger charge is 2.28. The van der Waals surface area contributed by atoms with Crippen LogP contribution in [0, 0.1) is 5.92 Å². The van der Waals surface area contributed by atoms with E-state index < -0.39 is 0 Å². The van der Waals surface area contributed by atoms with E-state index in [1.54, 1.807) is 0 Å². The highest BCUT2D eigenvalue weighted by Crippen LogP contribution is 2.53. The number of allylic oxidation sites excluding steroid dienone is 8. The number of hydrogen-bond acceptors (Lipinski definition) is 2. The van der Waals surface area contributed by atoms with Crippen LogP contribution in [0.1, 0.15) is 12.0 Å². The fourth-order valence-electron chi connectivity index (χ4n) is 10.4. The lowest BCUT2D eigenvalue weighted by molar-refractivity contribution is 0.670. The standard InChI is InChI=1S/C62H41NO/c1-3-14-43-36-45(26-24-40(43)12-1)46-31-35-60-58(38-46)57-39-48(51-17-6-5-16-50(51)47-27-25-41-13-2-4-15-44(41)37-47)30-34-53(57)54-18-7-9-22-59(54)63(60)49-32-28-42(29-33-49)52-20-11-21-56-55-19-8-10-23-61(55)64-62(52)56/h1-36,38-39,44H,37H2. The van der Waals surface area contributed by atoms with Gasteiger partial charge in [-0.1, -0.05) is 182 Å². The number of rotatable bonds is 5. The number of hydrogen-bond donors (Lipinski definition) is 0. The van der Waals surface area contributed by atoms with Crippen LogP contribution < -0.4 is 4.90 Å². The van der Waals surface area contributed by atoms with E-state index in [9.17, 15) is 0 Å². The largest absolute Gasteiger partial charge is 0.455 e. The van der Waals surface area contributed by atoms with Crippen LogP contribution in [0.3, 0.4) is 0 Å². The first-order valence-corrected chi connectivity index (χ1v) is 22.3. The molecule has 64 heavy (non-hydrogen) atoms. The molecule has 13 rings (SSSR count). The molecular weight excluding hydrogens is 775 g/mol. The third-order valence-corrected chi connectivity index (χ3v) is 13.6. The predicted octanol–water partition coefficient (Wildman–Crippen LogP) is 17.3. The minimum absolute atomic E-state index is 0.404. The maximum Gasteiger partial charge on any atom is 0.143 e. The van der Waals surface area contributed by atoms with Gasteiger partial charge in [0.2, 0.25) is 0 Å². The van der Waals surface area contributed by atoms with Gasteiger partial charge in [-0.3, -0.25) is 0 Å². The van der Waals surface area contributed by atoms with Crippen LogP contribution in [0.2, 0.25) is 0 Å². The number of fused-ring (bicyclic) bond motifs is 10. The lowest BCUT2D eigenvalue weighted by Gasteiger charge is -2.28. The molecule has 3 aliphatic rings. The molecule has 9 aromatic carbocycles. The summed E-state index contributed by atoms with van der Waals surface area (Å²) < 4.78 is 6.48. The molecule has 1 atom stereocenters. The summed E-state index contributed by atoms with van der Waals surface area (Å²) >= 11 is 0. The van der Waals surface area contributed by atoms with Crippen molar-refractivity contribution in [2.45, 2.75) is 6.42 Å². The molecule has 0 bridgehead atoms. The molecule has 0 amide bonds. The van der Waals surface area contributed by atoms with Gasteiger partial charge in [-0.15, -0.1) is 0 Å². The summed E-state index contributed by atoms with van der Waals surface area (Å²) in [5, 5.41) is 4.75. The number of nitrogens with zero attached hydrogens (tertiary/aromatic N) is 1. The predicted molar refractivity (Wildman–Crippen MR) is 269 cm³/mol. The molecule has 10 aromatic rings. The second-order valence-electron chi connectivity index (χ2n) is 17.2. The quantitative estimate of drug-likeness (QED) is 0.172. The molecule has 0 saturated heterocycles. The normalized spacial score (nSPS) is 15.0. The number of para-hydroxylation sites is 3. The van der Waals surface area contributed by atoms with Crippen molar-refractivity contribution < 1.29 is 4.42 Å². The van der Waals surface area contributed by atoms with Gasteiger partial charge in [0.1, 0.15) is 11.2 Å². The molecule has 2 nitrogen and oxygen atoms in total. The first-order valence-electron chi connectivity index (χ1n) is 22.3. The Morgan fingerprint density at radius 3 is 2.03 bits per heavy atom. The monoisotopic (exact) mass is 815 g/mol. The van der Waals surface area contributed by atoms with Gasteiger partial charge in [-0.05, 0) is 121 Å². The van der Waals surface area contributed by atoms with Crippen molar-refractivity contribution in [2.75, 3.05) is 4.90 Å². The zero-order valence-corrected chi connectivity index (χ0v) is 35.1. The Morgan fingerprint density at radius 2 is 1.11 bits per heavy atom. The molecule has 0 fully saturated rings. The van der Waals surface area contributed by atoms with E-state index in [1.807, 2.05) is 6.07 Å². The molecule has 2 heterocycles. The molecular formula is C62H41NO. The zero-order chi connectivity index (χ0) is 42.1. The van der Waals surface area contributed by atoms with E-state index in [-0.39, 0.29) is 0 Å². The summed E-state index contributed by atoms with van der Waals surface area (Å²) in [7, 11) is 0. The number of benzene rings is 9. The van der Waals surface area contributed by atoms with Gasteiger partial charge in [-0.2, -0.15) is 0 Å². The Kier molecular flexibility index (Phi) is 8.39. The summed E-state index contributed by atoms with van der Waals surface area (Å²) in [6.07, 6.45) is 14.5. The molecule has 0 spiro atoms. The molecule has 2 heteroatoms. The molecule has 300 valence electrons. The maximum atomic E-state index is 6.48. The Bertz CT molecular complexity index is 3650. The van der Waals surface area contributed by atoms with Crippen LogP contribution in [0.15, 0.2) is 241 Å². The van der Waals surface area contributed by atoms with Crippen molar-refractivity contribution in [3.8, 4) is 55.6 Å². The average molecular weight is 816 g/mol. The smallest absolute Gasteiger partial charge is 0.143 e. The molecule has 1 unspecified atom stereocenters. The van der Waals surface area contributed by atoms with Crippen LogP contribution in [0.4, 0.5) is 17.1 Å². The number of anilines is 3. The third-order valence-electron chi connectivity index (χ3n) is 13.6. The summed E-state index contributed by atoms with van der Waals surface area (Å²) in [6, 6.07) is 71.3. The van der Waals surface area contributed by atoms with Crippen molar-refractivity contribution in [1.29, 1.82) is 0 Å². The van der Waals surface area contributed by atoms with Gasteiger partial charge in [0, 0.05) is 39.1 Å². The molecule has 0 radical (unpaired) electrons. The first-order chi connectivity index (χ1) is 31.7. The average Bonchev–Trinajstić information content (AvgIpc) is 3.70.